The lowest BCUT2D eigenvalue weighted by Crippen LogP contribution is -2.69. The van der Waals surface area contributed by atoms with Crippen molar-refractivity contribution in [3.63, 3.8) is 0 Å². The van der Waals surface area contributed by atoms with Gasteiger partial charge in [-0.3, -0.25) is 4.79 Å². The second-order valence-corrected chi connectivity index (χ2v) is 13.9. The van der Waals surface area contributed by atoms with Crippen molar-refractivity contribution in [2.24, 2.45) is 0 Å². The van der Waals surface area contributed by atoms with E-state index in [-0.39, 0.29) is 11.5 Å². The number of esters is 1. The molecule has 0 saturated carbocycles. The molecule has 0 aromatic rings. The Morgan fingerprint density at radius 1 is 1.27 bits per heavy atom. The molecule has 1 heterocycles. The summed E-state index contributed by atoms with van der Waals surface area (Å²) in [6, 6.07) is -0.916. The molecule has 30 heavy (non-hydrogen) atoms. The molecule has 11 heteroatoms. The Bertz CT molecular complexity index is 609. The van der Waals surface area contributed by atoms with Crippen LogP contribution in [0.2, 0.25) is 18.1 Å². The predicted octanol–water partition coefficient (Wildman–Crippen LogP) is -0.0998. The lowest BCUT2D eigenvalue weighted by atomic mass is 9.88. The number of carbonyl (C=O) groups is 2. The van der Waals surface area contributed by atoms with Gasteiger partial charge in [-0.1, -0.05) is 20.8 Å². The van der Waals surface area contributed by atoms with Gasteiger partial charge in [-0.25, -0.2) is 4.79 Å². The number of carbonyl (C=O) groups excluding carboxylic acids is 2. The molecule has 0 unspecified atom stereocenters. The Kier molecular flexibility index (Phi) is 9.01. The highest BCUT2D eigenvalue weighted by atomic mass is 28.4. The number of nitrogens with one attached hydrogen (secondary N) is 1. The van der Waals surface area contributed by atoms with Crippen molar-refractivity contribution in [3.8, 4) is 0 Å². The van der Waals surface area contributed by atoms with Crippen LogP contribution < -0.4 is 5.32 Å². The Morgan fingerprint density at radius 3 is 2.23 bits per heavy atom. The van der Waals surface area contributed by atoms with Crippen molar-refractivity contribution >= 4 is 20.2 Å². The van der Waals surface area contributed by atoms with Gasteiger partial charge in [-0.05, 0) is 18.1 Å². The van der Waals surface area contributed by atoms with E-state index in [4.69, 9.17) is 18.6 Å². The summed E-state index contributed by atoms with van der Waals surface area (Å²) in [6.45, 7) is 10.7. The van der Waals surface area contributed by atoms with Crippen LogP contribution in [0.3, 0.4) is 0 Å². The van der Waals surface area contributed by atoms with Gasteiger partial charge in [0.15, 0.2) is 8.32 Å². The van der Waals surface area contributed by atoms with E-state index in [0.29, 0.717) is 0 Å². The quantitative estimate of drug-likeness (QED) is 0.294. The monoisotopic (exact) mass is 451 g/mol. The minimum atomic E-state index is -2.41. The smallest absolute Gasteiger partial charge is 0.366 e. The van der Waals surface area contributed by atoms with E-state index in [0.717, 1.165) is 0 Å². The second kappa shape index (κ2) is 10.0. The molecular weight excluding hydrogens is 414 g/mol. The normalized spacial score (nSPS) is 29.8. The highest BCUT2D eigenvalue weighted by Gasteiger charge is 2.57. The molecule has 0 aliphatic carbocycles. The summed E-state index contributed by atoms with van der Waals surface area (Å²) in [6.07, 6.45) is -5.44. The van der Waals surface area contributed by atoms with Crippen LogP contribution in [0.1, 0.15) is 34.1 Å². The van der Waals surface area contributed by atoms with E-state index in [1.54, 1.807) is 0 Å². The highest BCUT2D eigenvalue weighted by Crippen LogP contribution is 2.42. The fraction of sp³-hybridized carbons (Fsp3) is 0.895. The Morgan fingerprint density at radius 2 is 1.83 bits per heavy atom. The number of rotatable bonds is 8. The largest absolute Gasteiger partial charge is 0.465 e. The van der Waals surface area contributed by atoms with Gasteiger partial charge < -0.3 is 39.3 Å². The van der Waals surface area contributed by atoms with E-state index in [2.05, 4.69) is 5.32 Å². The first-order valence-electron chi connectivity index (χ1n) is 9.89. The number of hydrogen-bond donors (Lipinski definition) is 4. The van der Waals surface area contributed by atoms with Crippen molar-refractivity contribution in [1.82, 2.24) is 5.32 Å². The van der Waals surface area contributed by atoms with E-state index in [1.807, 2.05) is 33.9 Å². The van der Waals surface area contributed by atoms with Crippen molar-refractivity contribution in [2.75, 3.05) is 20.8 Å². The molecule has 1 saturated heterocycles. The molecule has 1 aliphatic heterocycles. The first kappa shape index (κ1) is 27.0. The van der Waals surface area contributed by atoms with Crippen molar-refractivity contribution in [2.45, 2.75) is 88.5 Å². The molecule has 1 amide bonds. The van der Waals surface area contributed by atoms with Gasteiger partial charge in [0.1, 0.15) is 18.3 Å². The van der Waals surface area contributed by atoms with Gasteiger partial charge >= 0.3 is 5.97 Å². The molecule has 0 bridgehead atoms. The van der Waals surface area contributed by atoms with Gasteiger partial charge in [0.25, 0.3) is 5.79 Å². The van der Waals surface area contributed by atoms with Crippen LogP contribution in [0.25, 0.3) is 0 Å². The third-order valence-electron chi connectivity index (χ3n) is 5.92. The molecule has 4 N–H and O–H groups in total. The number of amides is 1. The summed E-state index contributed by atoms with van der Waals surface area (Å²) < 4.78 is 22.5. The van der Waals surface area contributed by atoms with Crippen LogP contribution in [-0.4, -0.2) is 92.6 Å². The summed E-state index contributed by atoms with van der Waals surface area (Å²) in [5.74, 6) is -3.17. The predicted molar refractivity (Wildman–Crippen MR) is 110 cm³/mol. The fourth-order valence-corrected chi connectivity index (χ4v) is 4.48. The Labute approximate surface area is 179 Å². The van der Waals surface area contributed by atoms with Crippen molar-refractivity contribution in [1.29, 1.82) is 0 Å². The van der Waals surface area contributed by atoms with E-state index < -0.39 is 63.0 Å². The number of aliphatic hydroxyl groups excluding tert-OH is 3. The molecule has 10 nitrogen and oxygen atoms in total. The average Bonchev–Trinajstić information content (AvgIpc) is 2.65. The molecule has 1 rings (SSSR count). The minimum Gasteiger partial charge on any atom is -0.465 e. The molecule has 0 aromatic carbocycles. The van der Waals surface area contributed by atoms with Crippen molar-refractivity contribution in [3.05, 3.63) is 0 Å². The zero-order valence-corrected chi connectivity index (χ0v) is 20.1. The molecule has 0 aromatic heterocycles. The van der Waals surface area contributed by atoms with Gasteiger partial charge in [0.2, 0.25) is 5.91 Å². The number of hydrogen-bond acceptors (Lipinski definition) is 9. The van der Waals surface area contributed by atoms with Gasteiger partial charge in [0.05, 0.1) is 25.9 Å². The van der Waals surface area contributed by atoms with Gasteiger partial charge in [-0.15, -0.1) is 0 Å². The van der Waals surface area contributed by atoms with Crippen molar-refractivity contribution < 1.29 is 43.5 Å². The maximum atomic E-state index is 12.6. The first-order valence-corrected chi connectivity index (χ1v) is 12.8. The lowest BCUT2D eigenvalue weighted by Gasteiger charge is -2.50. The molecule has 1 fully saturated rings. The van der Waals surface area contributed by atoms with Crippen LogP contribution >= 0.6 is 0 Å². The summed E-state index contributed by atoms with van der Waals surface area (Å²) in [4.78, 5) is 24.5. The van der Waals surface area contributed by atoms with Crippen LogP contribution in [0.5, 0.6) is 0 Å². The fourth-order valence-electron chi connectivity index (χ4n) is 3.14. The SMILES string of the molecule is COC(=O)[C@]1(OC)C[C@H](O[Si](C)(C)C(C)(C)C)[C@@H](NC(C)=O)[C@H]([C@H](O)[C@H](O)CO)O1. The Hall–Kier alpha value is -1.08. The zero-order valence-electron chi connectivity index (χ0n) is 19.1. The lowest BCUT2D eigenvalue weighted by molar-refractivity contribution is -0.303. The summed E-state index contributed by atoms with van der Waals surface area (Å²) in [7, 11) is 0.0123. The average molecular weight is 452 g/mol. The summed E-state index contributed by atoms with van der Waals surface area (Å²) >= 11 is 0. The molecule has 176 valence electrons. The highest BCUT2D eigenvalue weighted by molar-refractivity contribution is 6.74. The third kappa shape index (κ3) is 5.78. The van der Waals surface area contributed by atoms with E-state index >= 15 is 0 Å². The summed E-state index contributed by atoms with van der Waals surface area (Å²) in [5.41, 5.74) is 0. The maximum absolute atomic E-state index is 12.6. The van der Waals surface area contributed by atoms with Crippen LogP contribution in [-0.2, 0) is 28.2 Å². The third-order valence-corrected chi connectivity index (χ3v) is 10.4. The van der Waals surface area contributed by atoms with Crippen LogP contribution in [0.4, 0.5) is 0 Å². The van der Waals surface area contributed by atoms with E-state index in [1.165, 1.54) is 21.1 Å². The topological polar surface area (TPSA) is 144 Å². The molecular formula is C19H37NO9Si. The minimum absolute atomic E-state index is 0.105. The second-order valence-electron chi connectivity index (χ2n) is 9.12. The summed E-state index contributed by atoms with van der Waals surface area (Å²) in [5, 5.41) is 32.5. The number of methoxy groups -OCH3 is 2. The molecule has 1 aliphatic rings. The molecule has 0 radical (unpaired) electrons. The van der Waals surface area contributed by atoms with E-state index in [9.17, 15) is 24.9 Å². The van der Waals surface area contributed by atoms with Crippen LogP contribution in [0.15, 0.2) is 0 Å². The number of aliphatic hydroxyl groups is 3. The first-order chi connectivity index (χ1) is 13.7. The number of ether oxygens (including phenoxy) is 3. The Balaban J connectivity index is 3.52. The maximum Gasteiger partial charge on any atom is 0.366 e. The molecule has 6 atom stereocenters. The standard InChI is InChI=1S/C19H37NO9Si/c1-11(22)20-14-13(29-30(7,8)18(2,3)4)9-19(27-6,17(25)26-5)28-16(14)15(24)12(23)10-21/h12-16,21,23-24H,9-10H2,1-8H3,(H,20,22)/t12-,13+,14-,15-,16-,19+/m1/s1. The zero-order chi connectivity index (χ0) is 23.5. The molecule has 0 spiro atoms. The van der Waals surface area contributed by atoms with Gasteiger partial charge in [-0.2, -0.15) is 0 Å². The van der Waals surface area contributed by atoms with Gasteiger partial charge in [0, 0.05) is 20.5 Å². The van der Waals surface area contributed by atoms with Crippen LogP contribution in [0, 0.1) is 0 Å².